The fourth-order valence-corrected chi connectivity index (χ4v) is 5.04. The Morgan fingerprint density at radius 1 is 0.447 bits per heavy atom. The fourth-order valence-electron chi connectivity index (χ4n) is 5.04. The van der Waals surface area contributed by atoms with Crippen molar-refractivity contribution < 1.29 is 25.5 Å². The second kappa shape index (κ2) is 9.52. The Bertz CT molecular complexity index is 1580. The van der Waals surface area contributed by atoms with E-state index in [0.717, 1.165) is 38.9 Å². The average molecular weight is 505 g/mol. The van der Waals surface area contributed by atoms with E-state index in [4.69, 9.17) is 0 Å². The van der Waals surface area contributed by atoms with E-state index in [-0.39, 0.29) is 28.7 Å². The second-order valence-electron chi connectivity index (χ2n) is 9.88. The lowest BCUT2D eigenvalue weighted by Gasteiger charge is -2.32. The summed E-state index contributed by atoms with van der Waals surface area (Å²) >= 11 is 0. The molecule has 190 valence electrons. The van der Waals surface area contributed by atoms with Crippen molar-refractivity contribution in [1.29, 1.82) is 0 Å². The minimum absolute atomic E-state index is 0.0803. The summed E-state index contributed by atoms with van der Waals surface area (Å²) in [5.41, 5.74) is 5.55. The molecule has 0 aliphatic rings. The van der Waals surface area contributed by atoms with Gasteiger partial charge in [-0.2, -0.15) is 0 Å². The van der Waals surface area contributed by atoms with Gasteiger partial charge in [-0.1, -0.05) is 62.4 Å². The minimum Gasteiger partial charge on any atom is -0.508 e. The fraction of sp³-hybridized carbons (Fsp3) is 0.0909. The van der Waals surface area contributed by atoms with Crippen molar-refractivity contribution in [2.45, 2.75) is 19.3 Å². The molecule has 5 aromatic rings. The van der Waals surface area contributed by atoms with Crippen molar-refractivity contribution in [3.8, 4) is 62.1 Å². The van der Waals surface area contributed by atoms with Crippen molar-refractivity contribution in [1.82, 2.24) is 0 Å². The molecule has 38 heavy (non-hydrogen) atoms. The molecule has 5 N–H and O–H groups in total. The molecule has 0 heterocycles. The quantitative estimate of drug-likeness (QED) is 0.170. The SMILES string of the molecule is CC(C)(c1ccc(O)cc1)c1c(O)cc(-c2ccc(O)cc2)c(-c2ccc(O)cc2)c1-c1ccc(O)cc1. The van der Waals surface area contributed by atoms with Crippen LogP contribution in [-0.4, -0.2) is 25.5 Å². The zero-order valence-electron chi connectivity index (χ0n) is 21.1. The predicted octanol–water partition coefficient (Wildman–Crippen LogP) is 7.54. The first-order valence-corrected chi connectivity index (χ1v) is 12.2. The van der Waals surface area contributed by atoms with Crippen molar-refractivity contribution in [2.75, 3.05) is 0 Å². The zero-order valence-corrected chi connectivity index (χ0v) is 21.1. The predicted molar refractivity (Wildman–Crippen MR) is 150 cm³/mol. The normalized spacial score (nSPS) is 11.4. The van der Waals surface area contributed by atoms with Crippen LogP contribution in [0.1, 0.15) is 25.0 Å². The monoisotopic (exact) mass is 504 g/mol. The van der Waals surface area contributed by atoms with Crippen LogP contribution in [0.25, 0.3) is 33.4 Å². The van der Waals surface area contributed by atoms with Crippen LogP contribution in [-0.2, 0) is 5.41 Å². The summed E-state index contributed by atoms with van der Waals surface area (Å²) in [7, 11) is 0. The molecular weight excluding hydrogens is 476 g/mol. The highest BCUT2D eigenvalue weighted by Crippen LogP contribution is 2.51. The molecule has 5 nitrogen and oxygen atoms in total. The van der Waals surface area contributed by atoms with Crippen molar-refractivity contribution in [2.24, 2.45) is 0 Å². The summed E-state index contributed by atoms with van der Waals surface area (Å²) < 4.78 is 0. The molecule has 0 spiro atoms. The Labute approximate surface area is 221 Å². The highest BCUT2D eigenvalue weighted by molar-refractivity contribution is 5.98. The number of hydrogen-bond acceptors (Lipinski definition) is 5. The molecule has 0 bridgehead atoms. The molecule has 5 aromatic carbocycles. The third kappa shape index (κ3) is 4.50. The number of hydrogen-bond donors (Lipinski definition) is 5. The topological polar surface area (TPSA) is 101 Å². The van der Waals surface area contributed by atoms with Gasteiger partial charge in [0.1, 0.15) is 28.7 Å². The summed E-state index contributed by atoms with van der Waals surface area (Å²) in [6.45, 7) is 4.03. The first-order chi connectivity index (χ1) is 18.1. The molecule has 5 rings (SSSR count). The van der Waals surface area contributed by atoms with Crippen molar-refractivity contribution >= 4 is 0 Å². The number of rotatable bonds is 5. The van der Waals surface area contributed by atoms with Crippen molar-refractivity contribution in [3.63, 3.8) is 0 Å². The summed E-state index contributed by atoms with van der Waals surface area (Å²) in [6.07, 6.45) is 0. The molecule has 0 fully saturated rings. The van der Waals surface area contributed by atoms with Gasteiger partial charge in [-0.05, 0) is 93.5 Å². The van der Waals surface area contributed by atoms with Gasteiger partial charge < -0.3 is 25.5 Å². The number of phenolic OH excluding ortho intramolecular Hbond substituents is 5. The molecule has 5 heteroatoms. The molecule has 0 saturated heterocycles. The molecule has 0 aromatic heterocycles. The maximum absolute atomic E-state index is 11.7. The molecular formula is C33H28O5. The maximum atomic E-state index is 11.7. The van der Waals surface area contributed by atoms with Gasteiger partial charge in [0.15, 0.2) is 0 Å². The lowest BCUT2D eigenvalue weighted by molar-refractivity contribution is 0.453. The molecule has 0 amide bonds. The molecule has 0 atom stereocenters. The van der Waals surface area contributed by atoms with Gasteiger partial charge in [0.25, 0.3) is 0 Å². The highest BCUT2D eigenvalue weighted by atomic mass is 16.3. The van der Waals surface area contributed by atoms with Crippen LogP contribution >= 0.6 is 0 Å². The van der Waals surface area contributed by atoms with Gasteiger partial charge in [-0.3, -0.25) is 0 Å². The third-order valence-electron chi connectivity index (χ3n) is 7.01. The van der Waals surface area contributed by atoms with Gasteiger partial charge in [-0.15, -0.1) is 0 Å². The largest absolute Gasteiger partial charge is 0.508 e. The van der Waals surface area contributed by atoms with Gasteiger partial charge in [0.2, 0.25) is 0 Å². The second-order valence-corrected chi connectivity index (χ2v) is 9.88. The molecule has 0 unspecified atom stereocenters. The maximum Gasteiger partial charge on any atom is 0.120 e. The molecule has 0 aliphatic carbocycles. The molecule has 0 aliphatic heterocycles. The number of aromatic hydroxyl groups is 5. The Balaban J connectivity index is 1.93. The van der Waals surface area contributed by atoms with Crippen LogP contribution < -0.4 is 0 Å². The summed E-state index contributed by atoms with van der Waals surface area (Å²) in [5, 5.41) is 51.5. The minimum atomic E-state index is -0.704. The van der Waals surface area contributed by atoms with E-state index in [2.05, 4.69) is 0 Å². The van der Waals surface area contributed by atoms with E-state index in [1.54, 1.807) is 66.7 Å². The van der Waals surface area contributed by atoms with Crippen LogP contribution in [0.2, 0.25) is 0 Å². The Morgan fingerprint density at radius 2 is 0.816 bits per heavy atom. The first kappa shape index (κ1) is 24.8. The van der Waals surface area contributed by atoms with E-state index < -0.39 is 5.41 Å². The third-order valence-corrected chi connectivity index (χ3v) is 7.01. The van der Waals surface area contributed by atoms with Crippen LogP contribution in [0.5, 0.6) is 28.7 Å². The van der Waals surface area contributed by atoms with Crippen molar-refractivity contribution in [3.05, 3.63) is 114 Å². The average Bonchev–Trinajstić information content (AvgIpc) is 2.90. The van der Waals surface area contributed by atoms with Crippen LogP contribution in [0.15, 0.2) is 103 Å². The van der Waals surface area contributed by atoms with Gasteiger partial charge >= 0.3 is 0 Å². The van der Waals surface area contributed by atoms with Crippen LogP contribution in [0.4, 0.5) is 0 Å². The van der Waals surface area contributed by atoms with Gasteiger partial charge in [0.05, 0.1) is 0 Å². The standard InChI is InChI=1S/C33H28O5/c1-33(2,23-9-17-27(37)18-10-23)32-29(38)19-28(20-3-11-24(34)12-4-20)30(21-5-13-25(35)14-6-21)31(32)22-7-15-26(36)16-8-22/h3-19,34-38H,1-2H3. The smallest absolute Gasteiger partial charge is 0.120 e. The summed E-state index contributed by atoms with van der Waals surface area (Å²) in [4.78, 5) is 0. The summed E-state index contributed by atoms with van der Waals surface area (Å²) in [6, 6.07) is 29.2. The van der Waals surface area contributed by atoms with Crippen LogP contribution in [0, 0.1) is 0 Å². The molecule has 0 radical (unpaired) electrons. The zero-order chi connectivity index (χ0) is 27.0. The first-order valence-electron chi connectivity index (χ1n) is 12.2. The summed E-state index contributed by atoms with van der Waals surface area (Å²) in [5.74, 6) is 0.623. The lowest BCUT2D eigenvalue weighted by atomic mass is 9.71. The van der Waals surface area contributed by atoms with E-state index in [0.29, 0.717) is 5.56 Å². The van der Waals surface area contributed by atoms with E-state index in [9.17, 15) is 25.5 Å². The lowest BCUT2D eigenvalue weighted by Crippen LogP contribution is -2.21. The highest BCUT2D eigenvalue weighted by Gasteiger charge is 2.33. The van der Waals surface area contributed by atoms with E-state index >= 15 is 0 Å². The van der Waals surface area contributed by atoms with Gasteiger partial charge in [0, 0.05) is 11.0 Å². The van der Waals surface area contributed by atoms with Gasteiger partial charge in [-0.25, -0.2) is 0 Å². The Hall–Kier alpha value is -4.90. The Kier molecular flexibility index (Phi) is 6.21. The number of phenols is 5. The van der Waals surface area contributed by atoms with Crippen LogP contribution in [0.3, 0.4) is 0 Å². The molecule has 0 saturated carbocycles. The number of benzene rings is 5. The van der Waals surface area contributed by atoms with E-state index in [1.807, 2.05) is 50.2 Å². The van der Waals surface area contributed by atoms with E-state index in [1.165, 1.54) is 0 Å². The Morgan fingerprint density at radius 3 is 1.26 bits per heavy atom.